The molecule has 1 aliphatic heterocycles. The minimum absolute atomic E-state index is 0.325. The number of hydrogen-bond donors (Lipinski definition) is 1. The van der Waals surface area contributed by atoms with Gasteiger partial charge in [-0.15, -0.1) is 0 Å². The van der Waals surface area contributed by atoms with Crippen LogP contribution >= 0.6 is 15.9 Å². The second-order valence-electron chi connectivity index (χ2n) is 6.86. The summed E-state index contributed by atoms with van der Waals surface area (Å²) in [6.07, 6.45) is 2.15. The van der Waals surface area contributed by atoms with Crippen molar-refractivity contribution < 1.29 is 9.31 Å². The van der Waals surface area contributed by atoms with Gasteiger partial charge in [-0.1, -0.05) is 39.7 Å². The van der Waals surface area contributed by atoms with Gasteiger partial charge < -0.3 is 14.6 Å². The minimum atomic E-state index is -0.329. The fourth-order valence-corrected chi connectivity index (χ4v) is 2.74. The molecule has 1 heterocycles. The van der Waals surface area contributed by atoms with Crippen LogP contribution in [0.1, 0.15) is 38.8 Å². The van der Waals surface area contributed by atoms with Crippen molar-refractivity contribution >= 4 is 29.1 Å². The van der Waals surface area contributed by atoms with E-state index in [1.807, 2.05) is 7.05 Å². The predicted octanol–water partition coefficient (Wildman–Crippen LogP) is 3.99. The minimum Gasteiger partial charge on any atom is -0.400 e. The maximum atomic E-state index is 6.18. The quantitative estimate of drug-likeness (QED) is 0.818. The molecule has 0 bridgehead atoms. The van der Waals surface area contributed by atoms with Gasteiger partial charge in [-0.25, -0.2) is 0 Å². The van der Waals surface area contributed by atoms with Crippen molar-refractivity contribution in [3.05, 3.63) is 39.3 Å². The summed E-state index contributed by atoms with van der Waals surface area (Å²) >= 11 is 3.62. The zero-order valence-electron chi connectivity index (χ0n) is 14.3. The van der Waals surface area contributed by atoms with Gasteiger partial charge in [-0.3, -0.25) is 0 Å². The topological polar surface area (TPSA) is 30.5 Å². The van der Waals surface area contributed by atoms with Crippen LogP contribution in [0.2, 0.25) is 0 Å². The van der Waals surface area contributed by atoms with Crippen molar-refractivity contribution in [3.63, 3.8) is 0 Å². The molecule has 1 saturated heterocycles. The summed E-state index contributed by atoms with van der Waals surface area (Å²) in [6.45, 7) is 11.1. The van der Waals surface area contributed by atoms with Crippen molar-refractivity contribution in [2.24, 2.45) is 0 Å². The molecule has 120 valence electrons. The van der Waals surface area contributed by atoms with Gasteiger partial charge in [-0.05, 0) is 58.8 Å². The van der Waals surface area contributed by atoms with E-state index < -0.39 is 0 Å². The second-order valence-corrected chi connectivity index (χ2v) is 7.72. The van der Waals surface area contributed by atoms with Crippen LogP contribution < -0.4 is 5.32 Å². The van der Waals surface area contributed by atoms with Crippen molar-refractivity contribution in [1.29, 1.82) is 0 Å². The largest absolute Gasteiger partial charge is 0.491 e. The van der Waals surface area contributed by atoms with E-state index in [-0.39, 0.29) is 18.3 Å². The van der Waals surface area contributed by atoms with Crippen molar-refractivity contribution in [1.82, 2.24) is 5.32 Å². The van der Waals surface area contributed by atoms with E-state index in [1.165, 1.54) is 5.56 Å². The van der Waals surface area contributed by atoms with Crippen LogP contribution in [0.4, 0.5) is 0 Å². The fraction of sp³-hybridized carbons (Fsp3) is 0.529. The first-order valence-corrected chi connectivity index (χ1v) is 8.42. The lowest BCUT2D eigenvalue weighted by atomic mass is 9.77. The first-order chi connectivity index (χ1) is 10.2. The number of hydrogen-bond acceptors (Lipinski definition) is 3. The summed E-state index contributed by atoms with van der Waals surface area (Å²) in [6, 6.07) is 6.32. The number of halogens is 1. The Kier molecular flexibility index (Phi) is 5.22. The van der Waals surface area contributed by atoms with E-state index in [1.54, 1.807) is 0 Å². The molecule has 1 N–H and O–H groups in total. The molecular weight excluding hydrogens is 341 g/mol. The summed E-state index contributed by atoms with van der Waals surface area (Å²) in [5.74, 6) is 0. The normalized spacial score (nSPS) is 20.5. The first-order valence-electron chi connectivity index (χ1n) is 7.63. The lowest BCUT2D eigenvalue weighted by molar-refractivity contribution is 0.00578. The zero-order chi connectivity index (χ0) is 16.5. The zero-order valence-corrected chi connectivity index (χ0v) is 15.9. The van der Waals surface area contributed by atoms with E-state index >= 15 is 0 Å². The molecule has 0 aliphatic carbocycles. The van der Waals surface area contributed by atoms with Gasteiger partial charge >= 0.3 is 7.12 Å². The Balaban J connectivity index is 2.35. The molecular formula is C17H25BBrNO2. The Bertz CT molecular complexity index is 568. The number of rotatable bonds is 4. The van der Waals surface area contributed by atoms with Gasteiger partial charge in [-0.2, -0.15) is 0 Å². The van der Waals surface area contributed by atoms with Gasteiger partial charge in [0.25, 0.3) is 0 Å². The Morgan fingerprint density at radius 2 is 1.82 bits per heavy atom. The van der Waals surface area contributed by atoms with Gasteiger partial charge in [0.15, 0.2) is 0 Å². The third-order valence-corrected chi connectivity index (χ3v) is 5.15. The molecule has 3 nitrogen and oxygen atoms in total. The predicted molar refractivity (Wildman–Crippen MR) is 96.9 cm³/mol. The third kappa shape index (κ3) is 3.65. The standard InChI is InChI=1S/C17H25BBrNO2/c1-12-7-8-15(19)13(9-12)10-14(11-20-6)18-21-16(2,3)17(4,5)22-18/h7-10,20H,11H2,1-6H3. The van der Waals surface area contributed by atoms with E-state index in [4.69, 9.17) is 9.31 Å². The van der Waals surface area contributed by atoms with E-state index in [9.17, 15) is 0 Å². The van der Waals surface area contributed by atoms with Crippen molar-refractivity contribution in [2.75, 3.05) is 13.6 Å². The monoisotopic (exact) mass is 365 g/mol. The van der Waals surface area contributed by atoms with Crippen LogP contribution in [0.3, 0.4) is 0 Å². The molecule has 0 atom stereocenters. The summed E-state index contributed by atoms with van der Waals surface area (Å²) in [7, 11) is 1.61. The molecule has 1 aromatic carbocycles. The molecule has 5 heteroatoms. The third-order valence-electron chi connectivity index (χ3n) is 4.43. The average molecular weight is 366 g/mol. The molecule has 0 unspecified atom stereocenters. The first kappa shape index (κ1) is 17.7. The summed E-state index contributed by atoms with van der Waals surface area (Å²) in [5, 5.41) is 3.21. The van der Waals surface area contributed by atoms with Crippen LogP contribution in [0.5, 0.6) is 0 Å². The Morgan fingerprint density at radius 3 is 2.36 bits per heavy atom. The number of likely N-dealkylation sites (N-methyl/N-ethyl adjacent to an activating group) is 1. The Labute approximate surface area is 142 Å². The van der Waals surface area contributed by atoms with Crippen LogP contribution in [0.25, 0.3) is 6.08 Å². The van der Waals surface area contributed by atoms with Crippen molar-refractivity contribution in [2.45, 2.75) is 45.8 Å². The number of nitrogens with one attached hydrogen (secondary N) is 1. The second kappa shape index (κ2) is 6.48. The molecule has 22 heavy (non-hydrogen) atoms. The van der Waals surface area contributed by atoms with Crippen LogP contribution in [0, 0.1) is 6.92 Å². The highest BCUT2D eigenvalue weighted by Crippen LogP contribution is 2.39. The van der Waals surface area contributed by atoms with Gasteiger partial charge in [0, 0.05) is 11.0 Å². The van der Waals surface area contributed by atoms with E-state index in [0.29, 0.717) is 0 Å². The van der Waals surface area contributed by atoms with Crippen LogP contribution in [0.15, 0.2) is 28.1 Å². The average Bonchev–Trinajstić information content (AvgIpc) is 2.62. The van der Waals surface area contributed by atoms with E-state index in [0.717, 1.165) is 22.1 Å². The molecule has 0 aromatic heterocycles. The lowest BCUT2D eigenvalue weighted by Crippen LogP contribution is -2.41. The van der Waals surface area contributed by atoms with Crippen molar-refractivity contribution in [3.8, 4) is 0 Å². The molecule has 0 radical (unpaired) electrons. The lowest BCUT2D eigenvalue weighted by Gasteiger charge is -2.32. The number of aryl methyl sites for hydroxylation is 1. The van der Waals surface area contributed by atoms with Gasteiger partial charge in [0.05, 0.1) is 11.2 Å². The molecule has 0 spiro atoms. The SMILES string of the molecule is CNCC(=Cc1cc(C)ccc1Br)B1OC(C)(C)C(C)(C)O1. The fourth-order valence-electron chi connectivity index (χ4n) is 2.37. The smallest absolute Gasteiger partial charge is 0.400 e. The van der Waals surface area contributed by atoms with Gasteiger partial charge in [0.1, 0.15) is 0 Å². The molecule has 2 rings (SSSR count). The van der Waals surface area contributed by atoms with Gasteiger partial charge in [0.2, 0.25) is 0 Å². The molecule has 0 saturated carbocycles. The molecule has 1 aliphatic rings. The Hall–Kier alpha value is -0.615. The van der Waals surface area contributed by atoms with Crippen LogP contribution in [-0.4, -0.2) is 31.9 Å². The molecule has 1 fully saturated rings. The maximum Gasteiger partial charge on any atom is 0.491 e. The van der Waals surface area contributed by atoms with E-state index in [2.05, 4.69) is 80.1 Å². The highest BCUT2D eigenvalue weighted by Gasteiger charge is 2.52. The Morgan fingerprint density at radius 1 is 1.23 bits per heavy atom. The maximum absolute atomic E-state index is 6.18. The highest BCUT2D eigenvalue weighted by atomic mass is 79.9. The molecule has 1 aromatic rings. The number of benzene rings is 1. The summed E-state index contributed by atoms with van der Waals surface area (Å²) in [5.41, 5.74) is 2.81. The summed E-state index contributed by atoms with van der Waals surface area (Å²) < 4.78 is 13.4. The van der Waals surface area contributed by atoms with Crippen LogP contribution in [-0.2, 0) is 9.31 Å². The summed E-state index contributed by atoms with van der Waals surface area (Å²) in [4.78, 5) is 0. The molecule has 0 amide bonds. The highest BCUT2D eigenvalue weighted by molar-refractivity contribution is 9.10.